The highest BCUT2D eigenvalue weighted by Crippen LogP contribution is 2.38. The number of hydrogen-bond acceptors (Lipinski definition) is 4. The Morgan fingerprint density at radius 1 is 1.07 bits per heavy atom. The van der Waals surface area contributed by atoms with Crippen molar-refractivity contribution in [1.29, 1.82) is 0 Å². The molecule has 7 nitrogen and oxygen atoms in total. The predicted molar refractivity (Wildman–Crippen MR) is 105 cm³/mol. The van der Waals surface area contributed by atoms with Crippen LogP contribution in [0, 0.1) is 11.8 Å². The summed E-state index contributed by atoms with van der Waals surface area (Å²) < 4.78 is 4.95. The SMILES string of the molecule is CC1CC1C(=O)Nc1cccc(C(=O)Nc2cccc(N3CCOC3=O)c2)c1. The van der Waals surface area contributed by atoms with Crippen LogP contribution in [0.1, 0.15) is 23.7 Å². The minimum Gasteiger partial charge on any atom is -0.447 e. The van der Waals surface area contributed by atoms with Crippen LogP contribution < -0.4 is 15.5 Å². The summed E-state index contributed by atoms with van der Waals surface area (Å²) in [6.45, 7) is 2.88. The highest BCUT2D eigenvalue weighted by molar-refractivity contribution is 6.06. The van der Waals surface area contributed by atoms with E-state index in [0.717, 1.165) is 6.42 Å². The molecular formula is C21H21N3O4. The highest BCUT2D eigenvalue weighted by atomic mass is 16.6. The summed E-state index contributed by atoms with van der Waals surface area (Å²) in [5, 5.41) is 5.70. The van der Waals surface area contributed by atoms with Crippen molar-refractivity contribution in [2.45, 2.75) is 13.3 Å². The average molecular weight is 379 g/mol. The van der Waals surface area contributed by atoms with E-state index in [1.54, 1.807) is 48.5 Å². The van der Waals surface area contributed by atoms with Crippen molar-refractivity contribution in [3.05, 3.63) is 54.1 Å². The molecule has 2 unspecified atom stereocenters. The topological polar surface area (TPSA) is 87.7 Å². The number of carbonyl (C=O) groups excluding carboxylic acids is 3. The van der Waals surface area contributed by atoms with Gasteiger partial charge in [-0.1, -0.05) is 19.1 Å². The molecule has 1 aliphatic carbocycles. The van der Waals surface area contributed by atoms with E-state index in [4.69, 9.17) is 4.74 Å². The van der Waals surface area contributed by atoms with E-state index in [0.29, 0.717) is 41.7 Å². The first kappa shape index (κ1) is 18.0. The third-order valence-corrected chi connectivity index (χ3v) is 5.02. The van der Waals surface area contributed by atoms with Gasteiger partial charge >= 0.3 is 6.09 Å². The molecule has 2 N–H and O–H groups in total. The zero-order valence-electron chi connectivity index (χ0n) is 15.5. The molecule has 3 amide bonds. The zero-order chi connectivity index (χ0) is 19.7. The standard InChI is InChI=1S/C21H21N3O4/c1-13-10-18(13)20(26)23-15-5-2-4-14(11-15)19(25)22-16-6-3-7-17(12-16)24-8-9-28-21(24)27/h2-7,11-13,18H,8-10H2,1H3,(H,22,25)(H,23,26). The predicted octanol–water partition coefficient (Wildman–Crippen LogP) is 3.49. The maximum Gasteiger partial charge on any atom is 0.414 e. The molecule has 0 aromatic heterocycles. The van der Waals surface area contributed by atoms with Gasteiger partial charge in [-0.3, -0.25) is 14.5 Å². The zero-order valence-corrected chi connectivity index (χ0v) is 15.5. The van der Waals surface area contributed by atoms with Crippen molar-refractivity contribution in [3.63, 3.8) is 0 Å². The first-order chi connectivity index (χ1) is 13.5. The number of ether oxygens (including phenoxy) is 1. The summed E-state index contributed by atoms with van der Waals surface area (Å²) >= 11 is 0. The number of nitrogens with zero attached hydrogens (tertiary/aromatic N) is 1. The molecule has 28 heavy (non-hydrogen) atoms. The summed E-state index contributed by atoms with van der Waals surface area (Å²) in [5.41, 5.74) is 2.28. The van der Waals surface area contributed by atoms with Crippen molar-refractivity contribution in [3.8, 4) is 0 Å². The van der Waals surface area contributed by atoms with Gasteiger partial charge in [-0.05, 0) is 48.7 Å². The first-order valence-corrected chi connectivity index (χ1v) is 9.28. The number of nitrogens with one attached hydrogen (secondary N) is 2. The maximum absolute atomic E-state index is 12.6. The van der Waals surface area contributed by atoms with Gasteiger partial charge in [0.1, 0.15) is 6.61 Å². The molecule has 144 valence electrons. The van der Waals surface area contributed by atoms with E-state index in [1.807, 2.05) is 6.92 Å². The molecular weight excluding hydrogens is 358 g/mol. The maximum atomic E-state index is 12.6. The first-order valence-electron chi connectivity index (χ1n) is 9.28. The summed E-state index contributed by atoms with van der Waals surface area (Å²) in [6, 6.07) is 13.9. The molecule has 1 aliphatic heterocycles. The Hall–Kier alpha value is -3.35. The van der Waals surface area contributed by atoms with Gasteiger partial charge in [0.15, 0.2) is 0 Å². The minimum atomic E-state index is -0.392. The molecule has 1 saturated heterocycles. The van der Waals surface area contributed by atoms with Crippen LogP contribution >= 0.6 is 0 Å². The lowest BCUT2D eigenvalue weighted by atomic mass is 10.1. The summed E-state index contributed by atoms with van der Waals surface area (Å²) in [6.07, 6.45) is 0.518. The van der Waals surface area contributed by atoms with Crippen LogP contribution in [-0.4, -0.2) is 31.1 Å². The average Bonchev–Trinajstić information content (AvgIpc) is 3.27. The van der Waals surface area contributed by atoms with E-state index < -0.39 is 6.09 Å². The minimum absolute atomic E-state index is 0.00439. The highest BCUT2D eigenvalue weighted by Gasteiger charge is 2.39. The Balaban J connectivity index is 1.44. The van der Waals surface area contributed by atoms with Crippen LogP contribution in [0.2, 0.25) is 0 Å². The Morgan fingerprint density at radius 3 is 2.46 bits per heavy atom. The van der Waals surface area contributed by atoms with Crippen molar-refractivity contribution >= 4 is 35.0 Å². The Labute approximate surface area is 162 Å². The summed E-state index contributed by atoms with van der Waals surface area (Å²) in [4.78, 5) is 37.9. The molecule has 7 heteroatoms. The van der Waals surface area contributed by atoms with Crippen LogP contribution in [0.4, 0.5) is 21.9 Å². The van der Waals surface area contributed by atoms with Crippen LogP contribution in [0.3, 0.4) is 0 Å². The number of benzene rings is 2. The second-order valence-electron chi connectivity index (χ2n) is 7.16. The van der Waals surface area contributed by atoms with E-state index >= 15 is 0 Å². The van der Waals surface area contributed by atoms with Crippen molar-refractivity contribution in [1.82, 2.24) is 0 Å². The molecule has 2 atom stereocenters. The summed E-state index contributed by atoms with van der Waals surface area (Å²) in [7, 11) is 0. The van der Waals surface area contributed by atoms with Gasteiger partial charge in [-0.15, -0.1) is 0 Å². The molecule has 0 spiro atoms. The Morgan fingerprint density at radius 2 is 1.79 bits per heavy atom. The van der Waals surface area contributed by atoms with Crippen molar-refractivity contribution in [2.24, 2.45) is 11.8 Å². The lowest BCUT2D eigenvalue weighted by molar-refractivity contribution is -0.117. The molecule has 1 saturated carbocycles. The number of hydrogen-bond donors (Lipinski definition) is 2. The van der Waals surface area contributed by atoms with Gasteiger partial charge in [0, 0.05) is 28.5 Å². The second kappa shape index (κ2) is 7.34. The number of carbonyl (C=O) groups is 3. The second-order valence-corrected chi connectivity index (χ2v) is 7.16. The van der Waals surface area contributed by atoms with Crippen LogP contribution in [0.15, 0.2) is 48.5 Å². The number of rotatable bonds is 5. The monoisotopic (exact) mass is 379 g/mol. The summed E-state index contributed by atoms with van der Waals surface area (Å²) in [5.74, 6) is 0.191. The third-order valence-electron chi connectivity index (χ3n) is 5.02. The molecule has 4 rings (SSSR count). The molecule has 0 radical (unpaired) electrons. The lowest BCUT2D eigenvalue weighted by Gasteiger charge is -2.14. The van der Waals surface area contributed by atoms with Crippen LogP contribution in [-0.2, 0) is 9.53 Å². The van der Waals surface area contributed by atoms with Crippen molar-refractivity contribution in [2.75, 3.05) is 28.7 Å². The Kier molecular flexibility index (Phi) is 4.73. The van der Waals surface area contributed by atoms with E-state index in [-0.39, 0.29) is 17.7 Å². The quantitative estimate of drug-likeness (QED) is 0.832. The normalized spacial score (nSPS) is 20.5. The number of amides is 3. The van der Waals surface area contributed by atoms with Gasteiger partial charge in [0.2, 0.25) is 5.91 Å². The molecule has 2 aromatic rings. The molecule has 2 aromatic carbocycles. The van der Waals surface area contributed by atoms with Gasteiger partial charge < -0.3 is 15.4 Å². The molecule has 0 bridgehead atoms. The van der Waals surface area contributed by atoms with E-state index in [2.05, 4.69) is 10.6 Å². The molecule has 1 heterocycles. The number of anilines is 3. The smallest absolute Gasteiger partial charge is 0.414 e. The third kappa shape index (κ3) is 3.83. The van der Waals surface area contributed by atoms with Crippen LogP contribution in [0.5, 0.6) is 0 Å². The van der Waals surface area contributed by atoms with Gasteiger partial charge in [-0.2, -0.15) is 0 Å². The van der Waals surface area contributed by atoms with E-state index in [9.17, 15) is 14.4 Å². The molecule has 2 fully saturated rings. The fourth-order valence-corrected chi connectivity index (χ4v) is 3.24. The van der Waals surface area contributed by atoms with Gasteiger partial charge in [0.25, 0.3) is 5.91 Å². The largest absolute Gasteiger partial charge is 0.447 e. The van der Waals surface area contributed by atoms with Gasteiger partial charge in [0.05, 0.1) is 6.54 Å². The number of cyclic esters (lactones) is 1. The Bertz CT molecular complexity index is 943. The lowest BCUT2D eigenvalue weighted by Crippen LogP contribution is -2.23. The fourth-order valence-electron chi connectivity index (χ4n) is 3.24. The van der Waals surface area contributed by atoms with Crippen molar-refractivity contribution < 1.29 is 19.1 Å². The van der Waals surface area contributed by atoms with E-state index in [1.165, 1.54) is 4.90 Å². The van der Waals surface area contributed by atoms with Gasteiger partial charge in [-0.25, -0.2) is 4.79 Å². The molecule has 2 aliphatic rings. The fraction of sp³-hybridized carbons (Fsp3) is 0.286. The van der Waals surface area contributed by atoms with Crippen LogP contribution in [0.25, 0.3) is 0 Å².